The van der Waals surface area contributed by atoms with Crippen LogP contribution in [0.3, 0.4) is 0 Å². The molecule has 2 N–H and O–H groups in total. The minimum absolute atomic E-state index is 0.0379. The van der Waals surface area contributed by atoms with Gasteiger partial charge in [0.05, 0.1) is 5.52 Å². The van der Waals surface area contributed by atoms with E-state index in [1.165, 1.54) is 5.56 Å². The van der Waals surface area contributed by atoms with Gasteiger partial charge in [-0.05, 0) is 55.2 Å². The van der Waals surface area contributed by atoms with Crippen molar-refractivity contribution in [2.24, 2.45) is 5.73 Å². The van der Waals surface area contributed by atoms with Crippen LogP contribution in [-0.2, 0) is 6.42 Å². The Morgan fingerprint density at radius 1 is 1.14 bits per heavy atom. The van der Waals surface area contributed by atoms with Gasteiger partial charge in [-0.1, -0.05) is 18.2 Å². The van der Waals surface area contributed by atoms with Gasteiger partial charge < -0.3 is 5.73 Å². The molecule has 106 valence electrons. The summed E-state index contributed by atoms with van der Waals surface area (Å²) in [5, 5.41) is 1.15. The fourth-order valence-electron chi connectivity index (χ4n) is 2.51. The number of nitrogens with two attached hydrogens (primary N) is 1. The van der Waals surface area contributed by atoms with Crippen molar-refractivity contribution in [1.82, 2.24) is 9.97 Å². The molecular weight excluding hydrogens is 258 g/mol. The van der Waals surface area contributed by atoms with Crippen LogP contribution in [0.4, 0.5) is 0 Å². The third-order valence-electron chi connectivity index (χ3n) is 3.75. The van der Waals surface area contributed by atoms with Gasteiger partial charge in [0.1, 0.15) is 0 Å². The lowest BCUT2D eigenvalue weighted by molar-refractivity contribution is 0.651. The fourth-order valence-corrected chi connectivity index (χ4v) is 2.51. The molecule has 1 unspecified atom stereocenters. The van der Waals surface area contributed by atoms with Crippen LogP contribution < -0.4 is 5.73 Å². The van der Waals surface area contributed by atoms with Gasteiger partial charge in [-0.15, -0.1) is 0 Å². The Kier molecular flexibility index (Phi) is 3.93. The summed E-state index contributed by atoms with van der Waals surface area (Å²) < 4.78 is 0. The van der Waals surface area contributed by atoms with Crippen LogP contribution in [0.25, 0.3) is 10.9 Å². The van der Waals surface area contributed by atoms with E-state index >= 15 is 0 Å². The van der Waals surface area contributed by atoms with Crippen molar-refractivity contribution in [3.63, 3.8) is 0 Å². The Hall–Kier alpha value is -2.26. The maximum Gasteiger partial charge on any atom is 0.0705 e. The van der Waals surface area contributed by atoms with Crippen molar-refractivity contribution in [3.05, 3.63) is 71.7 Å². The molecule has 0 radical (unpaired) electrons. The summed E-state index contributed by atoms with van der Waals surface area (Å²) in [6.07, 6.45) is 5.55. The number of rotatable bonds is 4. The molecule has 2 heterocycles. The molecule has 0 fully saturated rings. The molecule has 0 saturated carbocycles. The average molecular weight is 277 g/mol. The smallest absolute Gasteiger partial charge is 0.0705 e. The molecule has 0 amide bonds. The molecular formula is C18H19N3. The molecule has 3 rings (SSSR count). The second-order valence-electron chi connectivity index (χ2n) is 5.41. The van der Waals surface area contributed by atoms with Gasteiger partial charge >= 0.3 is 0 Å². The predicted octanol–water partition coefficient (Wildman–Crippen LogP) is 3.57. The van der Waals surface area contributed by atoms with Crippen LogP contribution in [-0.4, -0.2) is 9.97 Å². The maximum atomic E-state index is 6.32. The molecule has 1 aromatic carbocycles. The third kappa shape index (κ3) is 3.26. The zero-order chi connectivity index (χ0) is 14.7. The van der Waals surface area contributed by atoms with Crippen LogP contribution in [0.15, 0.2) is 54.9 Å². The molecule has 0 aliphatic carbocycles. The number of benzene rings is 1. The highest BCUT2D eigenvalue weighted by Crippen LogP contribution is 2.21. The zero-order valence-corrected chi connectivity index (χ0v) is 12.2. The predicted molar refractivity (Wildman–Crippen MR) is 86.0 cm³/mol. The highest BCUT2D eigenvalue weighted by Gasteiger charge is 2.07. The Morgan fingerprint density at radius 3 is 2.86 bits per heavy atom. The second-order valence-corrected chi connectivity index (χ2v) is 5.41. The first kappa shape index (κ1) is 13.7. The molecule has 3 aromatic rings. The van der Waals surface area contributed by atoms with E-state index in [1.54, 1.807) is 6.20 Å². The van der Waals surface area contributed by atoms with Crippen molar-refractivity contribution in [2.45, 2.75) is 25.8 Å². The number of hydrogen-bond acceptors (Lipinski definition) is 3. The SMILES string of the molecule is Cc1ccc2cc(C(N)CCc3cccnc3)ccc2n1. The molecule has 0 aliphatic heterocycles. The molecule has 2 aromatic heterocycles. The van der Waals surface area contributed by atoms with E-state index in [-0.39, 0.29) is 6.04 Å². The van der Waals surface area contributed by atoms with E-state index < -0.39 is 0 Å². The monoisotopic (exact) mass is 277 g/mol. The van der Waals surface area contributed by atoms with Crippen LogP contribution in [0.5, 0.6) is 0 Å². The molecule has 3 nitrogen and oxygen atoms in total. The third-order valence-corrected chi connectivity index (χ3v) is 3.75. The molecule has 3 heteroatoms. The van der Waals surface area contributed by atoms with Gasteiger partial charge in [0.15, 0.2) is 0 Å². The van der Waals surface area contributed by atoms with Crippen molar-refractivity contribution in [1.29, 1.82) is 0 Å². The lowest BCUT2D eigenvalue weighted by Crippen LogP contribution is -2.11. The Morgan fingerprint density at radius 2 is 2.05 bits per heavy atom. The van der Waals surface area contributed by atoms with Crippen LogP contribution in [0.1, 0.15) is 29.3 Å². The number of pyridine rings is 2. The molecule has 0 bridgehead atoms. The summed E-state index contributed by atoms with van der Waals surface area (Å²) in [7, 11) is 0. The Bertz CT molecular complexity index is 738. The first-order chi connectivity index (χ1) is 10.2. The van der Waals surface area contributed by atoms with Crippen LogP contribution >= 0.6 is 0 Å². The van der Waals surface area contributed by atoms with Crippen molar-refractivity contribution in [2.75, 3.05) is 0 Å². The average Bonchev–Trinajstić information content (AvgIpc) is 2.53. The standard InChI is InChI=1S/C18H19N3/c1-13-4-6-16-11-15(7-9-18(16)21-13)17(19)8-5-14-3-2-10-20-12-14/h2-4,6-7,9-12,17H,5,8,19H2,1H3. The van der Waals surface area contributed by atoms with E-state index in [4.69, 9.17) is 5.73 Å². The first-order valence-corrected chi connectivity index (χ1v) is 7.24. The number of aromatic nitrogens is 2. The molecule has 0 spiro atoms. The summed E-state index contributed by atoms with van der Waals surface area (Å²) in [6, 6.07) is 14.5. The van der Waals surface area contributed by atoms with Gasteiger partial charge in [-0.25, -0.2) is 0 Å². The van der Waals surface area contributed by atoms with Crippen LogP contribution in [0, 0.1) is 6.92 Å². The quantitative estimate of drug-likeness (QED) is 0.793. The minimum Gasteiger partial charge on any atom is -0.324 e. The lowest BCUT2D eigenvalue weighted by atomic mass is 9.99. The van der Waals surface area contributed by atoms with E-state index in [0.717, 1.165) is 35.0 Å². The first-order valence-electron chi connectivity index (χ1n) is 7.24. The number of fused-ring (bicyclic) bond motifs is 1. The number of nitrogens with zero attached hydrogens (tertiary/aromatic N) is 2. The van der Waals surface area contributed by atoms with Crippen molar-refractivity contribution < 1.29 is 0 Å². The second kappa shape index (κ2) is 6.02. The number of aryl methyl sites for hydroxylation is 2. The van der Waals surface area contributed by atoms with Gasteiger partial charge in [0.2, 0.25) is 0 Å². The topological polar surface area (TPSA) is 51.8 Å². The van der Waals surface area contributed by atoms with Crippen molar-refractivity contribution in [3.8, 4) is 0 Å². The normalized spacial score (nSPS) is 12.5. The zero-order valence-electron chi connectivity index (χ0n) is 12.2. The molecule has 0 saturated heterocycles. The fraction of sp³-hybridized carbons (Fsp3) is 0.222. The highest BCUT2D eigenvalue weighted by atomic mass is 14.7. The summed E-state index contributed by atoms with van der Waals surface area (Å²) in [5.74, 6) is 0. The lowest BCUT2D eigenvalue weighted by Gasteiger charge is -2.13. The largest absolute Gasteiger partial charge is 0.324 e. The van der Waals surface area contributed by atoms with Gasteiger partial charge in [-0.2, -0.15) is 0 Å². The van der Waals surface area contributed by atoms with Gasteiger partial charge in [0, 0.05) is 29.5 Å². The van der Waals surface area contributed by atoms with E-state index in [2.05, 4.69) is 40.3 Å². The minimum atomic E-state index is 0.0379. The maximum absolute atomic E-state index is 6.32. The van der Waals surface area contributed by atoms with E-state index in [1.807, 2.05) is 25.3 Å². The summed E-state index contributed by atoms with van der Waals surface area (Å²) in [5.41, 5.74) is 10.8. The summed E-state index contributed by atoms with van der Waals surface area (Å²) >= 11 is 0. The Labute approximate surface area is 124 Å². The summed E-state index contributed by atoms with van der Waals surface area (Å²) in [6.45, 7) is 2.01. The molecule has 0 aliphatic rings. The van der Waals surface area contributed by atoms with Gasteiger partial charge in [-0.3, -0.25) is 9.97 Å². The van der Waals surface area contributed by atoms with Gasteiger partial charge in [0.25, 0.3) is 0 Å². The van der Waals surface area contributed by atoms with Crippen molar-refractivity contribution >= 4 is 10.9 Å². The molecule has 1 atom stereocenters. The Balaban J connectivity index is 1.75. The van der Waals surface area contributed by atoms with E-state index in [0.29, 0.717) is 0 Å². The van der Waals surface area contributed by atoms with E-state index in [9.17, 15) is 0 Å². The number of hydrogen-bond donors (Lipinski definition) is 1. The van der Waals surface area contributed by atoms with Crippen LogP contribution in [0.2, 0.25) is 0 Å². The highest BCUT2D eigenvalue weighted by molar-refractivity contribution is 5.79. The summed E-state index contributed by atoms with van der Waals surface area (Å²) in [4.78, 5) is 8.66. The molecule has 21 heavy (non-hydrogen) atoms.